The van der Waals surface area contributed by atoms with Crippen LogP contribution in [-0.2, 0) is 4.74 Å². The van der Waals surface area contributed by atoms with E-state index in [2.05, 4.69) is 4.98 Å². The first kappa shape index (κ1) is 15.3. The van der Waals surface area contributed by atoms with Crippen molar-refractivity contribution in [2.45, 2.75) is 24.5 Å². The number of aliphatic hydroxyl groups is 3. The summed E-state index contributed by atoms with van der Waals surface area (Å²) in [5, 5.41) is 37.9. The molecule has 0 aliphatic carbocycles. The maximum absolute atomic E-state index is 10.9. The Kier molecular flexibility index (Phi) is 4.44. The van der Waals surface area contributed by atoms with Crippen molar-refractivity contribution >= 4 is 5.91 Å². The van der Waals surface area contributed by atoms with Crippen molar-refractivity contribution in [2.75, 3.05) is 6.61 Å². The van der Waals surface area contributed by atoms with Crippen molar-refractivity contribution in [3.8, 4) is 5.88 Å². The lowest BCUT2D eigenvalue weighted by Crippen LogP contribution is -2.33. The maximum Gasteiger partial charge on any atom is 0.272 e. The van der Waals surface area contributed by atoms with E-state index in [0.717, 1.165) is 10.9 Å². The number of aromatic hydroxyl groups is 1. The Labute approximate surface area is 107 Å². The predicted octanol–water partition coefficient (Wildman–Crippen LogP) is -3.53. The molecule has 2 rings (SSSR count). The van der Waals surface area contributed by atoms with Gasteiger partial charge in [0, 0.05) is 0 Å². The first-order valence-electron chi connectivity index (χ1n) is 5.15. The molecule has 1 aromatic rings. The van der Waals surface area contributed by atoms with Crippen molar-refractivity contribution < 1.29 is 35.4 Å². The third kappa shape index (κ3) is 2.39. The molecule has 10 heteroatoms. The summed E-state index contributed by atoms with van der Waals surface area (Å²) in [7, 11) is 0. The molecule has 4 atom stereocenters. The lowest BCUT2D eigenvalue weighted by atomic mass is 10.1. The minimum absolute atomic E-state index is 0. The second-order valence-electron chi connectivity index (χ2n) is 3.92. The van der Waals surface area contributed by atoms with Crippen LogP contribution >= 0.6 is 0 Å². The Hall–Kier alpha value is -1.72. The number of aliphatic hydroxyl groups excluding tert-OH is 3. The van der Waals surface area contributed by atoms with Crippen LogP contribution in [0.2, 0.25) is 0 Å². The standard InChI is InChI=1S/C9H13N3O6.H2O/c10-7(16)4-8(17)12(2-11-4)9-6(15)5(14)3(1-13)18-9;/h2-3,5-6,9,13-15,17H,1H2,(H2,10,16);1H2/t3-,5-,6-,9-;/m1./s1. The van der Waals surface area contributed by atoms with Gasteiger partial charge in [-0.1, -0.05) is 0 Å². The Morgan fingerprint density at radius 2 is 2.11 bits per heavy atom. The fraction of sp³-hybridized carbons (Fsp3) is 0.556. The molecule has 1 aromatic heterocycles. The lowest BCUT2D eigenvalue weighted by Gasteiger charge is -2.16. The van der Waals surface area contributed by atoms with Crippen LogP contribution in [0.3, 0.4) is 0 Å². The van der Waals surface area contributed by atoms with Gasteiger partial charge in [0.25, 0.3) is 5.91 Å². The van der Waals surface area contributed by atoms with Crippen molar-refractivity contribution in [1.82, 2.24) is 9.55 Å². The maximum atomic E-state index is 10.9. The van der Waals surface area contributed by atoms with Gasteiger partial charge >= 0.3 is 0 Å². The number of carbonyl (C=O) groups excluding carboxylic acids is 1. The van der Waals surface area contributed by atoms with Crippen LogP contribution in [0.4, 0.5) is 0 Å². The lowest BCUT2D eigenvalue weighted by molar-refractivity contribution is -0.0553. The predicted molar refractivity (Wildman–Crippen MR) is 59.0 cm³/mol. The number of amides is 1. The average Bonchev–Trinajstić information content (AvgIpc) is 2.82. The molecular weight excluding hydrogens is 262 g/mol. The number of carbonyl (C=O) groups is 1. The van der Waals surface area contributed by atoms with Crippen LogP contribution in [0.1, 0.15) is 16.7 Å². The van der Waals surface area contributed by atoms with Crippen molar-refractivity contribution in [1.29, 1.82) is 0 Å². The average molecular weight is 277 g/mol. The summed E-state index contributed by atoms with van der Waals surface area (Å²) >= 11 is 0. The van der Waals surface area contributed by atoms with Crippen molar-refractivity contribution in [2.24, 2.45) is 5.73 Å². The molecule has 19 heavy (non-hydrogen) atoms. The van der Waals surface area contributed by atoms with E-state index >= 15 is 0 Å². The van der Waals surface area contributed by atoms with Crippen LogP contribution in [0, 0.1) is 0 Å². The van der Waals surface area contributed by atoms with Crippen LogP contribution in [0.15, 0.2) is 6.33 Å². The van der Waals surface area contributed by atoms with Gasteiger partial charge in [-0.25, -0.2) is 4.98 Å². The van der Waals surface area contributed by atoms with Crippen molar-refractivity contribution in [3.05, 3.63) is 12.0 Å². The zero-order valence-electron chi connectivity index (χ0n) is 9.67. The number of hydrogen-bond acceptors (Lipinski definition) is 7. The molecule has 8 N–H and O–H groups in total. The molecule has 0 unspecified atom stereocenters. The topological polar surface area (TPSA) is 183 Å². The molecule has 2 heterocycles. The van der Waals surface area contributed by atoms with Gasteiger partial charge in [-0.3, -0.25) is 9.36 Å². The number of ether oxygens (including phenoxy) is 1. The zero-order chi connectivity index (χ0) is 13.4. The molecular formula is C9H15N3O7. The minimum Gasteiger partial charge on any atom is -0.493 e. The van der Waals surface area contributed by atoms with Gasteiger partial charge in [0.15, 0.2) is 11.9 Å². The molecule has 0 spiro atoms. The summed E-state index contributed by atoms with van der Waals surface area (Å²) in [6, 6.07) is 0. The van der Waals surface area contributed by atoms with Gasteiger partial charge in [-0.2, -0.15) is 0 Å². The highest BCUT2D eigenvalue weighted by Crippen LogP contribution is 2.32. The summed E-state index contributed by atoms with van der Waals surface area (Å²) in [5.41, 5.74) is 4.61. The first-order valence-corrected chi connectivity index (χ1v) is 5.15. The molecule has 1 saturated heterocycles. The van der Waals surface area contributed by atoms with E-state index in [4.69, 9.17) is 15.6 Å². The second kappa shape index (κ2) is 5.50. The van der Waals surface area contributed by atoms with E-state index < -0.39 is 42.9 Å². The van der Waals surface area contributed by atoms with Gasteiger partial charge in [0.2, 0.25) is 5.88 Å². The van der Waals surface area contributed by atoms with Gasteiger partial charge in [-0.05, 0) is 0 Å². The summed E-state index contributed by atoms with van der Waals surface area (Å²) in [4.78, 5) is 14.5. The van der Waals surface area contributed by atoms with Crippen LogP contribution in [-0.4, -0.2) is 66.3 Å². The van der Waals surface area contributed by atoms with E-state index in [-0.39, 0.29) is 11.2 Å². The van der Waals surface area contributed by atoms with Gasteiger partial charge in [0.05, 0.1) is 6.61 Å². The normalized spacial score (nSPS) is 30.1. The zero-order valence-corrected chi connectivity index (χ0v) is 9.67. The van der Waals surface area contributed by atoms with E-state index in [1.165, 1.54) is 0 Å². The number of rotatable bonds is 3. The van der Waals surface area contributed by atoms with E-state index in [9.17, 15) is 20.1 Å². The van der Waals surface area contributed by atoms with Crippen LogP contribution in [0.25, 0.3) is 0 Å². The molecule has 1 amide bonds. The van der Waals surface area contributed by atoms with Gasteiger partial charge < -0.3 is 36.4 Å². The molecule has 0 radical (unpaired) electrons. The monoisotopic (exact) mass is 277 g/mol. The number of nitrogens with two attached hydrogens (primary N) is 1. The van der Waals surface area contributed by atoms with E-state index in [1.807, 2.05) is 0 Å². The molecule has 108 valence electrons. The Balaban J connectivity index is 0.00000180. The molecule has 1 aliphatic heterocycles. The first-order chi connectivity index (χ1) is 8.47. The van der Waals surface area contributed by atoms with E-state index in [1.54, 1.807) is 0 Å². The Bertz CT molecular complexity index is 463. The summed E-state index contributed by atoms with van der Waals surface area (Å²) < 4.78 is 6.12. The van der Waals surface area contributed by atoms with Gasteiger partial charge in [-0.15, -0.1) is 0 Å². The smallest absolute Gasteiger partial charge is 0.272 e. The largest absolute Gasteiger partial charge is 0.493 e. The number of imidazole rings is 1. The second-order valence-corrected chi connectivity index (χ2v) is 3.92. The SMILES string of the molecule is NC(=O)c1ncn([C@@H]2O[C@H](CO)[C@@H](O)[C@H]2O)c1O.O. The fourth-order valence-electron chi connectivity index (χ4n) is 1.82. The fourth-order valence-corrected chi connectivity index (χ4v) is 1.82. The molecule has 1 fully saturated rings. The van der Waals surface area contributed by atoms with Crippen LogP contribution < -0.4 is 5.73 Å². The highest BCUT2D eigenvalue weighted by Gasteiger charge is 2.44. The molecule has 1 aliphatic rings. The molecule has 0 saturated carbocycles. The Morgan fingerprint density at radius 1 is 1.47 bits per heavy atom. The summed E-state index contributed by atoms with van der Waals surface area (Å²) in [6.45, 7) is -0.493. The number of nitrogens with zero attached hydrogens (tertiary/aromatic N) is 2. The number of primary amides is 1. The molecule has 10 nitrogen and oxygen atoms in total. The third-order valence-corrected chi connectivity index (χ3v) is 2.79. The number of aromatic nitrogens is 2. The van der Waals surface area contributed by atoms with Crippen molar-refractivity contribution in [3.63, 3.8) is 0 Å². The van der Waals surface area contributed by atoms with E-state index in [0.29, 0.717) is 0 Å². The number of hydrogen-bond donors (Lipinski definition) is 5. The quantitative estimate of drug-likeness (QED) is 0.379. The van der Waals surface area contributed by atoms with Gasteiger partial charge in [0.1, 0.15) is 24.6 Å². The van der Waals surface area contributed by atoms with Crippen LogP contribution in [0.5, 0.6) is 5.88 Å². The Morgan fingerprint density at radius 3 is 2.53 bits per heavy atom. The summed E-state index contributed by atoms with van der Waals surface area (Å²) in [6.07, 6.45) is -3.76. The molecule has 0 aromatic carbocycles. The minimum atomic E-state index is -1.37. The summed E-state index contributed by atoms with van der Waals surface area (Å²) in [5.74, 6) is -1.50. The highest BCUT2D eigenvalue weighted by atomic mass is 16.6. The molecule has 0 bridgehead atoms. The highest BCUT2D eigenvalue weighted by molar-refractivity contribution is 5.92. The third-order valence-electron chi connectivity index (χ3n) is 2.79.